The van der Waals surface area contributed by atoms with Crippen LogP contribution in [0.3, 0.4) is 0 Å². The summed E-state index contributed by atoms with van der Waals surface area (Å²) in [4.78, 5) is 12.4. The largest absolute Gasteiger partial charge is 0.377 e. The van der Waals surface area contributed by atoms with E-state index < -0.39 is 11.4 Å². The van der Waals surface area contributed by atoms with Gasteiger partial charge in [-0.25, -0.2) is 13.9 Å². The molecule has 7 heteroatoms. The molecule has 0 bridgehead atoms. The summed E-state index contributed by atoms with van der Waals surface area (Å²) >= 11 is 0. The number of nitrogens with zero attached hydrogens (tertiary/aromatic N) is 1. The maximum atomic E-state index is 14.3. The Morgan fingerprint density at radius 3 is 2.45 bits per heavy atom. The van der Waals surface area contributed by atoms with Gasteiger partial charge in [-0.1, -0.05) is 50.2 Å². The predicted molar refractivity (Wildman–Crippen MR) is 127 cm³/mol. The molecule has 3 N–H and O–H groups in total. The van der Waals surface area contributed by atoms with Crippen LogP contribution in [0.15, 0.2) is 65.5 Å². The molecule has 1 aliphatic heterocycles. The van der Waals surface area contributed by atoms with Crippen LogP contribution in [0, 0.1) is 11.6 Å². The van der Waals surface area contributed by atoms with Gasteiger partial charge in [0, 0.05) is 17.6 Å². The van der Waals surface area contributed by atoms with Crippen molar-refractivity contribution in [3.8, 4) is 0 Å². The van der Waals surface area contributed by atoms with Gasteiger partial charge in [-0.2, -0.15) is 5.10 Å². The van der Waals surface area contributed by atoms with Crippen LogP contribution in [0.5, 0.6) is 0 Å². The van der Waals surface area contributed by atoms with Gasteiger partial charge in [-0.05, 0) is 48.0 Å². The van der Waals surface area contributed by atoms with E-state index in [0.717, 1.165) is 16.7 Å². The van der Waals surface area contributed by atoms with Crippen molar-refractivity contribution >= 4 is 16.5 Å². The molecule has 0 spiro atoms. The van der Waals surface area contributed by atoms with Crippen LogP contribution in [-0.4, -0.2) is 17.2 Å². The van der Waals surface area contributed by atoms with Crippen LogP contribution in [0.25, 0.3) is 10.8 Å². The fraction of sp³-hybridized carbons (Fsp3) is 0.231. The lowest BCUT2D eigenvalue weighted by Crippen LogP contribution is -2.28. The molecule has 2 atom stereocenters. The number of aromatic nitrogens is 2. The minimum absolute atomic E-state index is 0.251. The fourth-order valence-electron chi connectivity index (χ4n) is 4.43. The van der Waals surface area contributed by atoms with Gasteiger partial charge in [0.2, 0.25) is 0 Å². The average molecular weight is 449 g/mol. The molecule has 33 heavy (non-hydrogen) atoms. The van der Waals surface area contributed by atoms with Gasteiger partial charge in [0.25, 0.3) is 5.56 Å². The van der Waals surface area contributed by atoms with Gasteiger partial charge >= 0.3 is 0 Å². The monoisotopic (exact) mass is 448 g/mol. The number of hydrogen-bond donors (Lipinski definition) is 3. The Kier molecular flexibility index (Phi) is 6.51. The fourth-order valence-corrected chi connectivity index (χ4v) is 4.43. The number of anilines is 1. The van der Waals surface area contributed by atoms with Crippen LogP contribution in [0.2, 0.25) is 0 Å². The van der Waals surface area contributed by atoms with E-state index in [4.69, 9.17) is 0 Å². The molecule has 2 unspecified atom stereocenters. The first-order valence-corrected chi connectivity index (χ1v) is 11.0. The topological polar surface area (TPSA) is 69.8 Å². The Morgan fingerprint density at radius 2 is 1.73 bits per heavy atom. The zero-order valence-corrected chi connectivity index (χ0v) is 18.7. The molecular formula is C26H26F2N4O. The third-order valence-corrected chi connectivity index (χ3v) is 5.74. The third kappa shape index (κ3) is 4.24. The quantitative estimate of drug-likeness (QED) is 0.399. The summed E-state index contributed by atoms with van der Waals surface area (Å²) in [7, 11) is 1.88. The van der Waals surface area contributed by atoms with E-state index in [-0.39, 0.29) is 23.2 Å². The van der Waals surface area contributed by atoms with E-state index in [2.05, 4.69) is 26.9 Å². The van der Waals surface area contributed by atoms with Crippen molar-refractivity contribution in [3.63, 3.8) is 0 Å². The van der Waals surface area contributed by atoms with E-state index in [0.29, 0.717) is 23.3 Å². The van der Waals surface area contributed by atoms with E-state index >= 15 is 0 Å². The molecule has 0 saturated carbocycles. The predicted octanol–water partition coefficient (Wildman–Crippen LogP) is 5.25. The number of aromatic amines is 1. The lowest BCUT2D eigenvalue weighted by atomic mass is 9.79. The van der Waals surface area contributed by atoms with Crippen LogP contribution >= 0.6 is 0 Å². The molecule has 0 radical (unpaired) electrons. The summed E-state index contributed by atoms with van der Waals surface area (Å²) in [6, 6.07) is 16.6. The van der Waals surface area contributed by atoms with Crippen molar-refractivity contribution in [2.24, 2.45) is 0 Å². The highest BCUT2D eigenvalue weighted by Gasteiger charge is 2.35. The molecule has 0 fully saturated rings. The molecule has 1 aliphatic rings. The molecule has 0 aliphatic carbocycles. The molecule has 0 saturated heterocycles. The van der Waals surface area contributed by atoms with Gasteiger partial charge in [0.1, 0.15) is 11.6 Å². The normalized spacial score (nSPS) is 16.6. The van der Waals surface area contributed by atoms with E-state index in [1.807, 2.05) is 39.1 Å². The average Bonchev–Trinajstić information content (AvgIpc) is 2.83. The van der Waals surface area contributed by atoms with Crippen LogP contribution in [0.4, 0.5) is 14.5 Å². The molecular weight excluding hydrogens is 422 g/mol. The molecule has 1 aromatic heterocycles. The minimum atomic E-state index is -0.509. The first-order valence-electron chi connectivity index (χ1n) is 11.0. The van der Waals surface area contributed by atoms with Gasteiger partial charge in [0.15, 0.2) is 0 Å². The Hall–Kier alpha value is -3.58. The highest BCUT2D eigenvalue weighted by molar-refractivity contribution is 5.97. The van der Waals surface area contributed by atoms with E-state index in [9.17, 15) is 13.6 Å². The Labute approximate surface area is 190 Å². The summed E-state index contributed by atoms with van der Waals surface area (Å²) in [5.41, 5.74) is 3.64. The molecule has 5 rings (SSSR count). The highest BCUT2D eigenvalue weighted by atomic mass is 19.1. The molecule has 170 valence electrons. The summed E-state index contributed by atoms with van der Waals surface area (Å²) in [5, 5.41) is 14.3. The number of nitrogens with one attached hydrogen (secondary N) is 3. The second-order valence-corrected chi connectivity index (χ2v) is 7.74. The maximum absolute atomic E-state index is 14.3. The zero-order valence-electron chi connectivity index (χ0n) is 18.7. The van der Waals surface area contributed by atoms with Crippen molar-refractivity contribution in [2.45, 2.75) is 32.4 Å². The molecule has 3 aromatic carbocycles. The summed E-state index contributed by atoms with van der Waals surface area (Å²) in [5.74, 6) is -1.12. The molecule has 4 aromatic rings. The van der Waals surface area contributed by atoms with Crippen LogP contribution < -0.4 is 16.2 Å². The first-order chi connectivity index (χ1) is 16.0. The Morgan fingerprint density at radius 1 is 0.970 bits per heavy atom. The minimum Gasteiger partial charge on any atom is -0.377 e. The van der Waals surface area contributed by atoms with Crippen LogP contribution in [0.1, 0.15) is 48.2 Å². The van der Waals surface area contributed by atoms with Crippen molar-refractivity contribution in [1.29, 1.82) is 0 Å². The standard InChI is InChI=1S/C24H20F2N4O.C2H6/c1-27-12-13-3-2-4-15(9-13)20-22(14-5-7-16(25)8-6-14)28-19-11-17(26)10-18-21(19)23(20)29-30-24(18)31;1-2/h2-11,20,22,27-28H,12H2,1H3,(H,30,31);1-2H3. The lowest BCUT2D eigenvalue weighted by Gasteiger charge is -2.35. The SMILES string of the molecule is CC.CNCc1cccc(C2c3n[nH]c(=O)c4cc(F)cc(c34)NC2c2ccc(F)cc2)c1. The van der Waals surface area contributed by atoms with Crippen molar-refractivity contribution in [1.82, 2.24) is 15.5 Å². The summed E-state index contributed by atoms with van der Waals surface area (Å²) < 4.78 is 27.9. The highest BCUT2D eigenvalue weighted by Crippen LogP contribution is 2.46. The van der Waals surface area contributed by atoms with E-state index in [1.165, 1.54) is 24.3 Å². The van der Waals surface area contributed by atoms with Crippen LogP contribution in [-0.2, 0) is 6.54 Å². The Bertz CT molecular complexity index is 1330. The maximum Gasteiger partial charge on any atom is 0.272 e. The first kappa shape index (κ1) is 22.6. The van der Waals surface area contributed by atoms with Crippen molar-refractivity contribution < 1.29 is 8.78 Å². The number of H-pyrrole nitrogens is 1. The number of rotatable bonds is 4. The third-order valence-electron chi connectivity index (χ3n) is 5.74. The van der Waals surface area contributed by atoms with Gasteiger partial charge < -0.3 is 10.6 Å². The van der Waals surface area contributed by atoms with Crippen molar-refractivity contribution in [2.75, 3.05) is 12.4 Å². The number of benzene rings is 3. The van der Waals surface area contributed by atoms with Gasteiger partial charge in [-0.15, -0.1) is 0 Å². The summed E-state index contributed by atoms with van der Waals surface area (Å²) in [6.07, 6.45) is 0. The number of halogens is 2. The van der Waals surface area contributed by atoms with Gasteiger partial charge in [-0.3, -0.25) is 4.79 Å². The second-order valence-electron chi connectivity index (χ2n) is 7.74. The van der Waals surface area contributed by atoms with Crippen molar-refractivity contribution in [3.05, 3.63) is 105 Å². The lowest BCUT2D eigenvalue weighted by molar-refractivity contribution is 0.611. The van der Waals surface area contributed by atoms with Gasteiger partial charge in [0.05, 0.1) is 23.0 Å². The Balaban J connectivity index is 0.00000126. The molecule has 2 heterocycles. The van der Waals surface area contributed by atoms with E-state index in [1.54, 1.807) is 12.1 Å². The second kappa shape index (κ2) is 9.50. The number of hydrogen-bond acceptors (Lipinski definition) is 4. The summed E-state index contributed by atoms with van der Waals surface area (Å²) in [6.45, 7) is 4.70. The molecule has 0 amide bonds. The smallest absolute Gasteiger partial charge is 0.272 e. The molecule has 5 nitrogen and oxygen atoms in total. The zero-order chi connectivity index (χ0) is 23.5.